The molecule has 114 valence electrons. The number of fused-ring (bicyclic) bond motifs is 1. The Kier molecular flexibility index (Phi) is 3.37. The fourth-order valence-corrected chi connectivity index (χ4v) is 3.09. The summed E-state index contributed by atoms with van der Waals surface area (Å²) in [5.74, 6) is 0.884. The van der Waals surface area contributed by atoms with E-state index >= 15 is 0 Å². The summed E-state index contributed by atoms with van der Waals surface area (Å²) >= 11 is 5.96. The van der Waals surface area contributed by atoms with Crippen molar-refractivity contribution in [3.8, 4) is 0 Å². The molecule has 1 aliphatic rings. The summed E-state index contributed by atoms with van der Waals surface area (Å²) in [5.41, 5.74) is 9.75. The van der Waals surface area contributed by atoms with Gasteiger partial charge in [-0.2, -0.15) is 9.97 Å². The average Bonchev–Trinajstić information content (AvgIpc) is 2.81. The van der Waals surface area contributed by atoms with Crippen LogP contribution in [-0.4, -0.2) is 43.3 Å². The van der Waals surface area contributed by atoms with Crippen molar-refractivity contribution in [2.75, 3.05) is 24.3 Å². The number of rotatable bonds is 4. The van der Waals surface area contributed by atoms with E-state index in [1.54, 1.807) is 0 Å². The first-order chi connectivity index (χ1) is 9.93. The van der Waals surface area contributed by atoms with Crippen molar-refractivity contribution >= 4 is 28.7 Å². The lowest BCUT2D eigenvalue weighted by atomic mass is 9.55. The molecule has 4 N–H and O–H groups in total. The van der Waals surface area contributed by atoms with Crippen LogP contribution in [0.1, 0.15) is 20.3 Å². The molecule has 2 aromatic rings. The fourth-order valence-electron chi connectivity index (χ4n) is 2.88. The zero-order chi connectivity index (χ0) is 15.2. The van der Waals surface area contributed by atoms with Crippen LogP contribution in [0.3, 0.4) is 0 Å². The Bertz CT molecular complexity index is 671. The van der Waals surface area contributed by atoms with Crippen LogP contribution < -0.4 is 11.2 Å². The van der Waals surface area contributed by atoms with E-state index in [0.717, 1.165) is 6.42 Å². The predicted molar refractivity (Wildman–Crippen MR) is 79.2 cm³/mol. The second-order valence-corrected chi connectivity index (χ2v) is 6.40. The highest BCUT2D eigenvalue weighted by Gasteiger charge is 2.47. The summed E-state index contributed by atoms with van der Waals surface area (Å²) in [6.45, 7) is 5.28. The molecule has 0 spiro atoms. The third-order valence-corrected chi connectivity index (χ3v) is 4.92. The smallest absolute Gasteiger partial charge is 0.223 e. The Morgan fingerprint density at radius 2 is 2.19 bits per heavy atom. The highest BCUT2D eigenvalue weighted by molar-refractivity contribution is 6.33. The number of aliphatic hydroxyl groups is 1. The van der Waals surface area contributed by atoms with Crippen LogP contribution in [0.25, 0.3) is 11.2 Å². The largest absolute Gasteiger partial charge is 0.396 e. The van der Waals surface area contributed by atoms with Gasteiger partial charge in [0.05, 0.1) is 0 Å². The summed E-state index contributed by atoms with van der Waals surface area (Å²) in [6.07, 6.45) is 0.987. The van der Waals surface area contributed by atoms with Gasteiger partial charge < -0.3 is 16.3 Å². The molecule has 21 heavy (non-hydrogen) atoms. The minimum absolute atomic E-state index is 0.0853. The highest BCUT2D eigenvalue weighted by atomic mass is 35.5. The van der Waals surface area contributed by atoms with Crippen molar-refractivity contribution in [3.63, 3.8) is 0 Å². The Morgan fingerprint density at radius 1 is 1.43 bits per heavy atom. The third kappa shape index (κ3) is 2.28. The van der Waals surface area contributed by atoms with E-state index in [1.807, 2.05) is 0 Å². The van der Waals surface area contributed by atoms with E-state index < -0.39 is 0 Å². The van der Waals surface area contributed by atoms with Gasteiger partial charge in [0.2, 0.25) is 11.6 Å². The van der Waals surface area contributed by atoms with Crippen LogP contribution in [0.4, 0.5) is 5.95 Å². The Morgan fingerprint density at radius 3 is 2.86 bits per heavy atom. The van der Waals surface area contributed by atoms with E-state index in [2.05, 4.69) is 39.6 Å². The maximum absolute atomic E-state index is 9.30. The monoisotopic (exact) mass is 311 g/mol. The van der Waals surface area contributed by atoms with E-state index in [0.29, 0.717) is 29.5 Å². The molecule has 0 aliphatic heterocycles. The molecule has 2 aromatic heterocycles. The van der Waals surface area contributed by atoms with Gasteiger partial charge in [-0.1, -0.05) is 25.4 Å². The molecule has 0 saturated heterocycles. The first-order valence-corrected chi connectivity index (χ1v) is 7.20. The molecule has 0 aromatic carbocycles. The molecule has 2 heterocycles. The first kappa shape index (κ1) is 14.3. The molecule has 0 amide bonds. The summed E-state index contributed by atoms with van der Waals surface area (Å²) in [5, 5.41) is 17.4. The normalized spacial score (nSPS) is 24.0. The van der Waals surface area contributed by atoms with E-state index in [1.165, 1.54) is 4.79 Å². The van der Waals surface area contributed by atoms with Gasteiger partial charge in [0.25, 0.3) is 0 Å². The van der Waals surface area contributed by atoms with Gasteiger partial charge in [0.1, 0.15) is 0 Å². The highest BCUT2D eigenvalue weighted by Crippen LogP contribution is 2.50. The maximum atomic E-state index is 9.30. The second-order valence-electron chi connectivity index (χ2n) is 6.04. The summed E-state index contributed by atoms with van der Waals surface area (Å²) in [6, 6.07) is 0. The molecule has 0 unspecified atom stereocenters. The standard InChI is InChI=1S/C12H18ClN7O/c1-12(2)6(3-7(12)5-21)4-15-20-10-8(18-19-20)9(13)16-11(14)17-10/h6-7,15,21H,3-5H2,1-2H3,(H2,14,16,17)/t6-,7+/m1/s1. The molecule has 1 aliphatic carbocycles. The molecule has 2 atom stereocenters. The molecule has 1 fully saturated rings. The van der Waals surface area contributed by atoms with Crippen molar-refractivity contribution in [3.05, 3.63) is 5.15 Å². The minimum Gasteiger partial charge on any atom is -0.396 e. The van der Waals surface area contributed by atoms with Crippen molar-refractivity contribution < 1.29 is 5.11 Å². The van der Waals surface area contributed by atoms with E-state index in [-0.39, 0.29) is 23.1 Å². The van der Waals surface area contributed by atoms with Crippen LogP contribution in [-0.2, 0) is 0 Å². The summed E-state index contributed by atoms with van der Waals surface area (Å²) in [7, 11) is 0. The number of hydrogen-bond donors (Lipinski definition) is 3. The van der Waals surface area contributed by atoms with Gasteiger partial charge in [0.15, 0.2) is 10.7 Å². The van der Waals surface area contributed by atoms with Crippen molar-refractivity contribution in [1.29, 1.82) is 0 Å². The number of nitrogens with zero attached hydrogens (tertiary/aromatic N) is 5. The van der Waals surface area contributed by atoms with Crippen molar-refractivity contribution in [2.24, 2.45) is 17.3 Å². The Balaban J connectivity index is 1.75. The van der Waals surface area contributed by atoms with E-state index in [4.69, 9.17) is 17.3 Å². The number of anilines is 1. The van der Waals surface area contributed by atoms with Gasteiger partial charge in [-0.05, 0) is 28.9 Å². The Labute approximate surface area is 126 Å². The van der Waals surface area contributed by atoms with Crippen LogP contribution in [0.15, 0.2) is 0 Å². The summed E-state index contributed by atoms with van der Waals surface area (Å²) < 4.78 is 0. The lowest BCUT2D eigenvalue weighted by molar-refractivity contribution is -0.0454. The van der Waals surface area contributed by atoms with Gasteiger partial charge >= 0.3 is 0 Å². The lowest BCUT2D eigenvalue weighted by Gasteiger charge is -2.51. The maximum Gasteiger partial charge on any atom is 0.223 e. The number of aromatic nitrogens is 5. The van der Waals surface area contributed by atoms with E-state index in [9.17, 15) is 5.11 Å². The first-order valence-electron chi connectivity index (χ1n) is 6.82. The molecule has 1 saturated carbocycles. The van der Waals surface area contributed by atoms with Gasteiger partial charge in [-0.25, -0.2) is 0 Å². The number of nitrogen functional groups attached to an aromatic ring is 1. The van der Waals surface area contributed by atoms with Crippen molar-refractivity contribution in [1.82, 2.24) is 25.1 Å². The number of hydrogen-bond acceptors (Lipinski definition) is 7. The number of halogens is 1. The minimum atomic E-state index is 0.0853. The predicted octanol–water partition coefficient (Wildman–Crippen LogP) is 0.655. The molecule has 0 radical (unpaired) electrons. The SMILES string of the molecule is CC1(C)[C@H](CO)C[C@@H]1CNn1nnc2c(Cl)nc(N)nc21. The topological polar surface area (TPSA) is 115 Å². The van der Waals surface area contributed by atoms with Crippen molar-refractivity contribution in [2.45, 2.75) is 20.3 Å². The van der Waals surface area contributed by atoms with Crippen LogP contribution in [0, 0.1) is 17.3 Å². The van der Waals surface area contributed by atoms with Gasteiger partial charge in [0, 0.05) is 13.2 Å². The second kappa shape index (κ2) is 4.96. The fraction of sp³-hybridized carbons (Fsp3) is 0.667. The number of nitrogens with one attached hydrogen (secondary N) is 1. The van der Waals surface area contributed by atoms with Gasteiger partial charge in [-0.3, -0.25) is 0 Å². The molecule has 8 nitrogen and oxygen atoms in total. The lowest BCUT2D eigenvalue weighted by Crippen LogP contribution is -2.50. The number of aliphatic hydroxyl groups excluding tert-OH is 1. The molecular weight excluding hydrogens is 294 g/mol. The molecule has 0 bridgehead atoms. The zero-order valence-corrected chi connectivity index (χ0v) is 12.7. The molecule has 9 heteroatoms. The zero-order valence-electron chi connectivity index (χ0n) is 11.9. The van der Waals surface area contributed by atoms with Gasteiger partial charge in [-0.15, -0.1) is 9.89 Å². The average molecular weight is 312 g/mol. The quantitative estimate of drug-likeness (QED) is 0.710. The van der Waals surface area contributed by atoms with Crippen LogP contribution in [0.5, 0.6) is 0 Å². The number of nitrogens with two attached hydrogens (primary N) is 1. The molecule has 3 rings (SSSR count). The third-order valence-electron chi connectivity index (χ3n) is 4.66. The summed E-state index contributed by atoms with van der Waals surface area (Å²) in [4.78, 5) is 9.42. The Hall–Kier alpha value is -1.67. The van der Waals surface area contributed by atoms with Crippen LogP contribution in [0.2, 0.25) is 5.15 Å². The molecular formula is C12H18ClN7O. The van der Waals surface area contributed by atoms with Crippen LogP contribution >= 0.6 is 11.6 Å².